The summed E-state index contributed by atoms with van der Waals surface area (Å²) in [6.45, 7) is 2.10. The minimum Gasteiger partial charge on any atom is -0.449 e. The molecule has 27 heavy (non-hydrogen) atoms. The van der Waals surface area contributed by atoms with Crippen LogP contribution in [0.15, 0.2) is 57.4 Å². The lowest BCUT2D eigenvalue weighted by Crippen LogP contribution is -2.34. The van der Waals surface area contributed by atoms with Crippen molar-refractivity contribution in [3.63, 3.8) is 0 Å². The van der Waals surface area contributed by atoms with Crippen LogP contribution in [-0.2, 0) is 4.74 Å². The summed E-state index contributed by atoms with van der Waals surface area (Å²) < 4.78 is 11.8. The van der Waals surface area contributed by atoms with E-state index in [1.165, 1.54) is 4.90 Å². The fraction of sp³-hybridized carbons (Fsp3) is 0.200. The number of anilines is 1. The van der Waals surface area contributed by atoms with Gasteiger partial charge in [-0.2, -0.15) is 0 Å². The van der Waals surface area contributed by atoms with Crippen LogP contribution in [-0.4, -0.2) is 30.9 Å². The third kappa shape index (κ3) is 3.87. The zero-order valence-corrected chi connectivity index (χ0v) is 16.9. The van der Waals surface area contributed by atoms with E-state index < -0.39 is 6.09 Å². The van der Waals surface area contributed by atoms with E-state index in [-0.39, 0.29) is 30.6 Å². The molecule has 1 aromatic heterocycles. The summed E-state index contributed by atoms with van der Waals surface area (Å²) >= 11 is 9.35. The fourth-order valence-electron chi connectivity index (χ4n) is 2.79. The fourth-order valence-corrected chi connectivity index (χ4v) is 3.41. The maximum Gasteiger partial charge on any atom is 0.414 e. The second-order valence-electron chi connectivity index (χ2n) is 5.63. The molecule has 0 saturated carbocycles. The van der Waals surface area contributed by atoms with Gasteiger partial charge in [-0.05, 0) is 35.0 Å². The summed E-state index contributed by atoms with van der Waals surface area (Å²) in [4.78, 5) is 27.0. The van der Waals surface area contributed by atoms with Crippen molar-refractivity contribution in [3.05, 3.63) is 64.3 Å². The molecule has 0 atom stereocenters. The number of carbonyl (C=O) groups is 2. The molecule has 1 amide bonds. The predicted molar refractivity (Wildman–Crippen MR) is 109 cm³/mol. The van der Waals surface area contributed by atoms with Gasteiger partial charge in [0.1, 0.15) is 5.69 Å². The van der Waals surface area contributed by atoms with E-state index in [4.69, 9.17) is 20.8 Å². The Morgan fingerprint density at radius 3 is 2.56 bits per heavy atom. The zero-order chi connectivity index (χ0) is 19.4. The van der Waals surface area contributed by atoms with Crippen molar-refractivity contribution in [2.45, 2.75) is 6.92 Å². The van der Waals surface area contributed by atoms with Gasteiger partial charge >= 0.3 is 6.09 Å². The highest BCUT2D eigenvalue weighted by molar-refractivity contribution is 9.10. The molecule has 0 aliphatic rings. The third-order valence-corrected chi connectivity index (χ3v) is 4.74. The van der Waals surface area contributed by atoms with Gasteiger partial charge in [0.05, 0.1) is 11.1 Å². The number of benzene rings is 2. The highest BCUT2D eigenvalue weighted by Gasteiger charge is 2.30. The number of alkyl halides is 1. The largest absolute Gasteiger partial charge is 0.449 e. The molecule has 0 aliphatic carbocycles. The Morgan fingerprint density at radius 1 is 1.15 bits per heavy atom. The van der Waals surface area contributed by atoms with E-state index in [1.54, 1.807) is 37.3 Å². The third-order valence-electron chi connectivity index (χ3n) is 3.95. The van der Waals surface area contributed by atoms with E-state index in [1.807, 2.05) is 18.2 Å². The molecule has 0 aliphatic heterocycles. The van der Waals surface area contributed by atoms with Crippen LogP contribution in [0.1, 0.15) is 23.0 Å². The van der Waals surface area contributed by atoms with Crippen LogP contribution in [0.5, 0.6) is 0 Å². The second-order valence-corrected chi connectivity index (χ2v) is 6.86. The molecule has 140 valence electrons. The molecule has 3 aromatic rings. The Morgan fingerprint density at radius 2 is 1.89 bits per heavy atom. The van der Waals surface area contributed by atoms with Crippen LogP contribution in [0.4, 0.5) is 10.5 Å². The van der Waals surface area contributed by atoms with Gasteiger partial charge < -0.3 is 9.15 Å². The van der Waals surface area contributed by atoms with Crippen LogP contribution in [0.3, 0.4) is 0 Å². The molecule has 7 heteroatoms. The molecule has 0 N–H and O–H groups in total. The maximum absolute atomic E-state index is 13.1. The number of ketones is 1. The van der Waals surface area contributed by atoms with Crippen molar-refractivity contribution in [1.29, 1.82) is 0 Å². The SMILES string of the molecule is CCOC(=O)N(CCCl)c1c(C(=O)c2ccccc2)oc2c(Br)cccc12. The molecular weight excluding hydrogens is 434 g/mol. The lowest BCUT2D eigenvalue weighted by atomic mass is 10.1. The van der Waals surface area contributed by atoms with Crippen molar-refractivity contribution in [2.24, 2.45) is 0 Å². The van der Waals surface area contributed by atoms with Crippen LogP contribution < -0.4 is 4.90 Å². The van der Waals surface area contributed by atoms with Crippen LogP contribution >= 0.6 is 27.5 Å². The van der Waals surface area contributed by atoms with Crippen molar-refractivity contribution in [3.8, 4) is 0 Å². The average Bonchev–Trinajstić information content (AvgIpc) is 3.07. The first-order chi connectivity index (χ1) is 13.1. The molecule has 1 heterocycles. The predicted octanol–water partition coefficient (Wildman–Crippen LogP) is 5.63. The Balaban J connectivity index is 2.23. The van der Waals surface area contributed by atoms with Crippen LogP contribution in [0.25, 0.3) is 11.0 Å². The minimum absolute atomic E-state index is 0.0706. The number of furan rings is 1. The monoisotopic (exact) mass is 449 g/mol. The van der Waals surface area contributed by atoms with Gasteiger partial charge in [-0.3, -0.25) is 9.69 Å². The molecule has 3 rings (SSSR count). The Kier molecular flexibility index (Phi) is 6.19. The molecule has 0 saturated heterocycles. The number of ether oxygens (including phenoxy) is 1. The van der Waals surface area contributed by atoms with Crippen molar-refractivity contribution in [2.75, 3.05) is 23.9 Å². The van der Waals surface area contributed by atoms with Gasteiger partial charge in [0.25, 0.3) is 0 Å². The van der Waals surface area contributed by atoms with Gasteiger partial charge in [-0.1, -0.05) is 36.4 Å². The van der Waals surface area contributed by atoms with Gasteiger partial charge in [-0.15, -0.1) is 11.6 Å². The number of amides is 1. The number of rotatable bonds is 6. The standard InChI is InChI=1S/C20H17BrClNO4/c1-2-26-20(25)23(12-11-22)16-14-9-6-10-15(21)18(14)27-19(16)17(24)13-7-4-3-5-8-13/h3-10H,2,11-12H2,1H3. The Labute approximate surface area is 170 Å². The van der Waals surface area contributed by atoms with Gasteiger partial charge in [-0.25, -0.2) is 4.79 Å². The number of nitrogens with zero attached hydrogens (tertiary/aromatic N) is 1. The van der Waals surface area contributed by atoms with Crippen molar-refractivity contribution >= 4 is 56.1 Å². The first kappa shape index (κ1) is 19.5. The number of hydrogen-bond donors (Lipinski definition) is 0. The minimum atomic E-state index is -0.581. The van der Waals surface area contributed by atoms with E-state index in [2.05, 4.69) is 15.9 Å². The topological polar surface area (TPSA) is 59.8 Å². The van der Waals surface area contributed by atoms with E-state index in [0.717, 1.165) is 0 Å². The number of hydrogen-bond acceptors (Lipinski definition) is 4. The molecule has 0 fully saturated rings. The van der Waals surface area contributed by atoms with E-state index in [0.29, 0.717) is 26.7 Å². The van der Waals surface area contributed by atoms with Gasteiger partial charge in [0.15, 0.2) is 11.3 Å². The molecule has 0 unspecified atom stereocenters. The van der Waals surface area contributed by atoms with Crippen LogP contribution in [0, 0.1) is 0 Å². The second kappa shape index (κ2) is 8.59. The van der Waals surface area contributed by atoms with E-state index in [9.17, 15) is 9.59 Å². The summed E-state index contributed by atoms with van der Waals surface area (Å²) in [6, 6.07) is 14.2. The molecule has 5 nitrogen and oxygen atoms in total. The van der Waals surface area contributed by atoms with Gasteiger partial charge in [0.2, 0.25) is 5.78 Å². The summed E-state index contributed by atoms with van der Waals surface area (Å²) in [5.74, 6) is -0.0720. The Hall–Kier alpha value is -2.31. The van der Waals surface area contributed by atoms with Gasteiger partial charge in [0, 0.05) is 23.4 Å². The summed E-state index contributed by atoms with van der Waals surface area (Å²) in [6.07, 6.45) is -0.581. The van der Waals surface area contributed by atoms with Crippen molar-refractivity contribution in [1.82, 2.24) is 0 Å². The lowest BCUT2D eigenvalue weighted by Gasteiger charge is -2.21. The maximum atomic E-state index is 13.1. The number of para-hydroxylation sites is 1. The highest BCUT2D eigenvalue weighted by Crippen LogP contribution is 2.39. The molecule has 0 spiro atoms. The first-order valence-corrected chi connectivity index (χ1v) is 9.72. The number of carbonyl (C=O) groups excluding carboxylic acids is 2. The van der Waals surface area contributed by atoms with E-state index >= 15 is 0 Å². The highest BCUT2D eigenvalue weighted by atomic mass is 79.9. The van der Waals surface area contributed by atoms with Crippen molar-refractivity contribution < 1.29 is 18.7 Å². The lowest BCUT2D eigenvalue weighted by molar-refractivity contribution is 0.101. The normalized spacial score (nSPS) is 10.8. The summed E-state index contributed by atoms with van der Waals surface area (Å²) in [5, 5.41) is 0.627. The number of fused-ring (bicyclic) bond motifs is 1. The van der Waals surface area contributed by atoms with Crippen LogP contribution in [0.2, 0.25) is 0 Å². The Bertz CT molecular complexity index is 971. The smallest absolute Gasteiger partial charge is 0.414 e. The summed E-state index contributed by atoms with van der Waals surface area (Å²) in [5.41, 5.74) is 1.30. The molecule has 0 radical (unpaired) electrons. The molecule has 0 bridgehead atoms. The molecule has 2 aromatic carbocycles. The summed E-state index contributed by atoms with van der Waals surface area (Å²) in [7, 11) is 0. The number of halogens is 2. The molecular formula is C20H17BrClNO4. The zero-order valence-electron chi connectivity index (χ0n) is 14.6. The quantitative estimate of drug-likeness (QED) is 0.361. The first-order valence-electron chi connectivity index (χ1n) is 8.39. The average molecular weight is 451 g/mol.